The first-order valence-corrected chi connectivity index (χ1v) is 4.50. The van der Waals surface area contributed by atoms with Crippen molar-refractivity contribution in [2.75, 3.05) is 6.61 Å². The number of fused-ring (bicyclic) bond motifs is 1. The zero-order chi connectivity index (χ0) is 10.1. The van der Waals surface area contributed by atoms with Gasteiger partial charge in [0.25, 0.3) is 0 Å². The Bertz CT molecular complexity index is 448. The van der Waals surface area contributed by atoms with E-state index in [-0.39, 0.29) is 5.97 Å². The summed E-state index contributed by atoms with van der Waals surface area (Å²) >= 11 is 5.96. The average molecular weight is 208 g/mol. The zero-order valence-corrected chi connectivity index (χ0v) is 7.97. The van der Waals surface area contributed by atoms with E-state index in [1.54, 1.807) is 6.07 Å². The molecule has 1 aromatic rings. The van der Waals surface area contributed by atoms with Crippen LogP contribution in [0.5, 0.6) is 0 Å². The lowest BCUT2D eigenvalue weighted by Gasteiger charge is -2.16. The van der Waals surface area contributed by atoms with Gasteiger partial charge in [-0.3, -0.25) is 0 Å². The Morgan fingerprint density at radius 1 is 1.50 bits per heavy atom. The monoisotopic (exact) mass is 207 g/mol. The third-order valence-electron chi connectivity index (χ3n) is 2.17. The molecule has 0 unspecified atom stereocenters. The highest BCUT2D eigenvalue weighted by Crippen LogP contribution is 2.27. The predicted molar refractivity (Wildman–Crippen MR) is 50.2 cm³/mol. The molecule has 0 atom stereocenters. The summed E-state index contributed by atoms with van der Waals surface area (Å²) in [5.41, 5.74) is 1.60. The second-order valence-corrected chi connectivity index (χ2v) is 3.33. The molecule has 1 aromatic carbocycles. The van der Waals surface area contributed by atoms with Gasteiger partial charge in [-0.1, -0.05) is 11.6 Å². The highest BCUT2D eigenvalue weighted by atomic mass is 35.5. The summed E-state index contributed by atoms with van der Waals surface area (Å²) in [6, 6.07) is 5.10. The van der Waals surface area contributed by atoms with E-state index < -0.39 is 0 Å². The Kier molecular flexibility index (Phi) is 2.14. The van der Waals surface area contributed by atoms with E-state index >= 15 is 0 Å². The second kappa shape index (κ2) is 3.32. The molecule has 0 amide bonds. The van der Waals surface area contributed by atoms with Crippen molar-refractivity contribution in [2.45, 2.75) is 6.42 Å². The van der Waals surface area contributed by atoms with Crippen molar-refractivity contribution >= 4 is 17.6 Å². The lowest BCUT2D eigenvalue weighted by atomic mass is 10.00. The molecule has 1 aliphatic rings. The minimum absolute atomic E-state index is 0.334. The van der Waals surface area contributed by atoms with Gasteiger partial charge in [-0.15, -0.1) is 0 Å². The van der Waals surface area contributed by atoms with Crippen molar-refractivity contribution < 1.29 is 9.53 Å². The van der Waals surface area contributed by atoms with Crippen molar-refractivity contribution in [1.82, 2.24) is 0 Å². The molecule has 0 saturated heterocycles. The van der Waals surface area contributed by atoms with Crippen LogP contribution in [0.1, 0.15) is 21.5 Å². The molecule has 2 rings (SSSR count). The van der Waals surface area contributed by atoms with Gasteiger partial charge < -0.3 is 4.74 Å². The van der Waals surface area contributed by atoms with Gasteiger partial charge >= 0.3 is 5.97 Å². The van der Waals surface area contributed by atoms with E-state index in [4.69, 9.17) is 21.6 Å². The van der Waals surface area contributed by atoms with Crippen LogP contribution in [0.15, 0.2) is 12.1 Å². The third kappa shape index (κ3) is 1.24. The second-order valence-electron chi connectivity index (χ2n) is 2.95. The third-order valence-corrected chi connectivity index (χ3v) is 2.60. The smallest absolute Gasteiger partial charge is 0.338 e. The van der Waals surface area contributed by atoms with Crippen molar-refractivity contribution in [1.29, 1.82) is 5.26 Å². The minimum Gasteiger partial charge on any atom is -0.462 e. The minimum atomic E-state index is -0.363. The Labute approximate surface area is 85.9 Å². The van der Waals surface area contributed by atoms with Crippen molar-refractivity contribution in [3.63, 3.8) is 0 Å². The highest BCUT2D eigenvalue weighted by Gasteiger charge is 2.22. The van der Waals surface area contributed by atoms with Gasteiger partial charge in [0.05, 0.1) is 22.8 Å². The molecular weight excluding hydrogens is 202 g/mol. The molecule has 0 bridgehead atoms. The van der Waals surface area contributed by atoms with E-state index in [2.05, 4.69) is 0 Å². The molecule has 0 N–H and O–H groups in total. The first kappa shape index (κ1) is 9.04. The Morgan fingerprint density at radius 3 is 3.00 bits per heavy atom. The number of cyclic esters (lactones) is 1. The largest absolute Gasteiger partial charge is 0.462 e. The van der Waals surface area contributed by atoms with Crippen LogP contribution in [0.2, 0.25) is 5.02 Å². The molecule has 14 heavy (non-hydrogen) atoms. The molecule has 4 heteroatoms. The number of esters is 1. The lowest BCUT2D eigenvalue weighted by Crippen LogP contribution is -2.18. The van der Waals surface area contributed by atoms with Crippen LogP contribution < -0.4 is 0 Å². The average Bonchev–Trinajstić information content (AvgIpc) is 2.20. The van der Waals surface area contributed by atoms with Gasteiger partial charge in [-0.25, -0.2) is 4.79 Å². The normalized spacial score (nSPS) is 14.1. The van der Waals surface area contributed by atoms with Gasteiger partial charge in [-0.2, -0.15) is 5.26 Å². The van der Waals surface area contributed by atoms with Crippen LogP contribution in [-0.4, -0.2) is 12.6 Å². The number of rotatable bonds is 0. The fourth-order valence-corrected chi connectivity index (χ4v) is 1.77. The molecular formula is C10H6ClNO2. The van der Waals surface area contributed by atoms with Gasteiger partial charge in [0, 0.05) is 6.42 Å². The summed E-state index contributed by atoms with van der Waals surface area (Å²) in [4.78, 5) is 11.3. The molecule has 0 saturated carbocycles. The van der Waals surface area contributed by atoms with E-state index in [0.717, 1.165) is 5.56 Å². The number of nitrogens with zero attached hydrogens (tertiary/aromatic N) is 1. The Hall–Kier alpha value is -1.53. The van der Waals surface area contributed by atoms with E-state index in [1.807, 2.05) is 6.07 Å². The number of carbonyl (C=O) groups is 1. The van der Waals surface area contributed by atoms with Crippen molar-refractivity contribution in [3.8, 4) is 6.07 Å². The fourth-order valence-electron chi connectivity index (χ4n) is 1.47. The van der Waals surface area contributed by atoms with Crippen LogP contribution in [-0.2, 0) is 11.2 Å². The maximum atomic E-state index is 11.3. The maximum Gasteiger partial charge on any atom is 0.338 e. The van der Waals surface area contributed by atoms with Gasteiger partial charge in [-0.05, 0) is 17.7 Å². The topological polar surface area (TPSA) is 50.1 Å². The predicted octanol–water partition coefficient (Wildman–Crippen LogP) is 1.92. The van der Waals surface area contributed by atoms with Gasteiger partial charge in [0.1, 0.15) is 6.07 Å². The molecule has 0 spiro atoms. The van der Waals surface area contributed by atoms with Crippen LogP contribution in [0, 0.1) is 11.3 Å². The molecule has 0 aliphatic carbocycles. The van der Waals surface area contributed by atoms with Crippen molar-refractivity contribution in [2.24, 2.45) is 0 Å². The fraction of sp³-hybridized carbons (Fsp3) is 0.200. The van der Waals surface area contributed by atoms with Gasteiger partial charge in [0.2, 0.25) is 0 Å². The highest BCUT2D eigenvalue weighted by molar-refractivity contribution is 6.33. The van der Waals surface area contributed by atoms with E-state index in [0.29, 0.717) is 29.2 Å². The molecule has 0 aromatic heterocycles. The molecule has 3 nitrogen and oxygen atoms in total. The molecule has 0 fully saturated rings. The molecule has 0 radical (unpaired) electrons. The van der Waals surface area contributed by atoms with E-state index in [1.165, 1.54) is 6.07 Å². The summed E-state index contributed by atoms with van der Waals surface area (Å²) in [7, 11) is 0. The number of nitriles is 1. The van der Waals surface area contributed by atoms with Crippen LogP contribution >= 0.6 is 11.6 Å². The Morgan fingerprint density at radius 2 is 2.29 bits per heavy atom. The van der Waals surface area contributed by atoms with Crippen LogP contribution in [0.4, 0.5) is 0 Å². The summed E-state index contributed by atoms with van der Waals surface area (Å²) in [6.07, 6.45) is 0.579. The quantitative estimate of drug-likeness (QED) is 0.611. The SMILES string of the molecule is N#Cc1ccc2c(c1Cl)CCOC2=O. The van der Waals surface area contributed by atoms with Crippen LogP contribution in [0.25, 0.3) is 0 Å². The number of halogens is 1. The molecule has 1 aliphatic heterocycles. The summed E-state index contributed by atoms with van der Waals surface area (Å²) in [6.45, 7) is 0.334. The van der Waals surface area contributed by atoms with Gasteiger partial charge in [0.15, 0.2) is 0 Å². The maximum absolute atomic E-state index is 11.3. The number of hydrogen-bond acceptors (Lipinski definition) is 3. The number of ether oxygens (including phenoxy) is 1. The number of carbonyl (C=O) groups excluding carboxylic acids is 1. The van der Waals surface area contributed by atoms with E-state index in [9.17, 15) is 4.79 Å². The summed E-state index contributed by atoms with van der Waals surface area (Å²) in [5, 5.41) is 9.11. The first-order chi connectivity index (χ1) is 6.74. The van der Waals surface area contributed by atoms with Crippen molar-refractivity contribution in [3.05, 3.63) is 33.8 Å². The summed E-state index contributed by atoms with van der Waals surface area (Å²) in [5.74, 6) is -0.363. The number of hydrogen-bond donors (Lipinski definition) is 0. The first-order valence-electron chi connectivity index (χ1n) is 4.12. The molecule has 1 heterocycles. The lowest BCUT2D eigenvalue weighted by molar-refractivity contribution is 0.0480. The van der Waals surface area contributed by atoms with Crippen LogP contribution in [0.3, 0.4) is 0 Å². The zero-order valence-electron chi connectivity index (χ0n) is 7.21. The Balaban J connectivity index is 2.64. The number of benzene rings is 1. The summed E-state index contributed by atoms with van der Waals surface area (Å²) < 4.78 is 4.85. The molecule has 70 valence electrons. The standard InChI is InChI=1S/C10H6ClNO2/c11-9-6(5-12)1-2-8-7(9)3-4-14-10(8)13/h1-2H,3-4H2.